The number of para-hydroxylation sites is 1. The van der Waals surface area contributed by atoms with Crippen LogP contribution in [0.2, 0.25) is 0 Å². The van der Waals surface area contributed by atoms with Crippen LogP contribution in [0.15, 0.2) is 65.6 Å². The van der Waals surface area contributed by atoms with Crippen molar-refractivity contribution in [3.63, 3.8) is 0 Å². The van der Waals surface area contributed by atoms with Crippen LogP contribution in [0.4, 0.5) is 5.82 Å². The summed E-state index contributed by atoms with van der Waals surface area (Å²) < 4.78 is 8.49. The Kier molecular flexibility index (Phi) is 6.29. The van der Waals surface area contributed by atoms with Gasteiger partial charge in [-0.25, -0.2) is 14.2 Å². The van der Waals surface area contributed by atoms with Gasteiger partial charge in [0.05, 0.1) is 11.4 Å². The van der Waals surface area contributed by atoms with Crippen LogP contribution in [0, 0.1) is 0 Å². The number of aromatic nitrogens is 4. The van der Waals surface area contributed by atoms with Crippen LogP contribution in [0.1, 0.15) is 19.3 Å². The van der Waals surface area contributed by atoms with E-state index in [9.17, 15) is 9.90 Å². The second-order valence-corrected chi connectivity index (χ2v) is 8.59. The molecule has 0 bridgehead atoms. The summed E-state index contributed by atoms with van der Waals surface area (Å²) in [4.78, 5) is 19.7. The van der Waals surface area contributed by atoms with Crippen LogP contribution in [0.25, 0.3) is 22.6 Å². The first-order chi connectivity index (χ1) is 16.6. The number of hydrogen-bond donors (Lipinski definition) is 2. The van der Waals surface area contributed by atoms with E-state index in [1.807, 2.05) is 42.5 Å². The first-order valence-corrected chi connectivity index (χ1v) is 11.6. The van der Waals surface area contributed by atoms with Crippen molar-refractivity contribution in [1.29, 1.82) is 0 Å². The summed E-state index contributed by atoms with van der Waals surface area (Å²) >= 11 is 0. The lowest BCUT2D eigenvalue weighted by Crippen LogP contribution is -2.38. The normalized spacial score (nSPS) is 15.4. The molecule has 0 saturated carbocycles. The van der Waals surface area contributed by atoms with Gasteiger partial charge in [-0.3, -0.25) is 0 Å². The maximum Gasteiger partial charge on any atom is 0.355 e. The van der Waals surface area contributed by atoms with E-state index >= 15 is 0 Å². The molecule has 1 saturated heterocycles. The third kappa shape index (κ3) is 4.66. The molecule has 176 valence electrons. The molecule has 1 atom stereocenters. The number of nitrogen functional groups attached to an aromatic ring is 1. The van der Waals surface area contributed by atoms with Gasteiger partial charge in [0.25, 0.3) is 0 Å². The van der Waals surface area contributed by atoms with Gasteiger partial charge in [-0.05, 0) is 62.3 Å². The minimum Gasteiger partial charge on any atom is -0.491 e. The highest BCUT2D eigenvalue weighted by atomic mass is 16.5. The van der Waals surface area contributed by atoms with Gasteiger partial charge in [0.15, 0.2) is 5.82 Å². The van der Waals surface area contributed by atoms with Crippen LogP contribution in [-0.4, -0.2) is 61.5 Å². The Morgan fingerprint density at radius 1 is 1.03 bits per heavy atom. The maximum atomic E-state index is 12.9. The molecule has 2 aromatic heterocycles. The molecule has 2 aromatic carbocycles. The molecule has 0 aliphatic carbocycles. The zero-order valence-corrected chi connectivity index (χ0v) is 18.9. The molecule has 1 aliphatic rings. The van der Waals surface area contributed by atoms with Gasteiger partial charge in [0.1, 0.15) is 18.5 Å². The molecule has 0 spiro atoms. The molecule has 9 nitrogen and oxygen atoms in total. The topological polar surface area (TPSA) is 111 Å². The maximum absolute atomic E-state index is 12.9. The molecule has 9 heteroatoms. The van der Waals surface area contributed by atoms with Gasteiger partial charge in [0, 0.05) is 18.3 Å². The molecule has 5 rings (SSSR count). The van der Waals surface area contributed by atoms with Crippen LogP contribution in [0.3, 0.4) is 0 Å². The first-order valence-electron chi connectivity index (χ1n) is 11.6. The smallest absolute Gasteiger partial charge is 0.355 e. The van der Waals surface area contributed by atoms with Crippen LogP contribution < -0.4 is 16.2 Å². The minimum atomic E-state index is -0.533. The standard InChI is InChI=1S/C25H28N6O3/c26-23-24-28-31(19-7-3-1-4-8-19)25(33)30(24)16-22(27-23)18-9-11-21(12-10-18)34-17-20(32)15-29-13-5-2-6-14-29/h1,3-4,7-12,16,20,32H,2,5-6,13-15,17H2,(H2,26,27). The number of likely N-dealkylation sites (tertiary alicyclic amines) is 1. The van der Waals surface area contributed by atoms with Crippen molar-refractivity contribution in [3.8, 4) is 22.7 Å². The zero-order valence-electron chi connectivity index (χ0n) is 18.9. The molecule has 4 aromatic rings. The number of benzene rings is 2. The molecule has 1 aliphatic heterocycles. The van der Waals surface area contributed by atoms with Crippen LogP contribution >= 0.6 is 0 Å². The fourth-order valence-corrected chi connectivity index (χ4v) is 4.28. The van der Waals surface area contributed by atoms with Gasteiger partial charge < -0.3 is 20.5 Å². The van der Waals surface area contributed by atoms with Gasteiger partial charge in [-0.1, -0.05) is 24.6 Å². The van der Waals surface area contributed by atoms with E-state index < -0.39 is 6.10 Å². The molecule has 1 unspecified atom stereocenters. The highest BCUT2D eigenvalue weighted by Crippen LogP contribution is 2.23. The lowest BCUT2D eigenvalue weighted by Gasteiger charge is -2.28. The van der Waals surface area contributed by atoms with Crippen molar-refractivity contribution in [3.05, 3.63) is 71.3 Å². The summed E-state index contributed by atoms with van der Waals surface area (Å²) in [7, 11) is 0. The molecule has 34 heavy (non-hydrogen) atoms. The SMILES string of the molecule is Nc1nc(-c2ccc(OCC(O)CN3CCCCC3)cc2)cn2c(=O)n(-c3ccccc3)nc12. The number of nitrogens with zero attached hydrogens (tertiary/aromatic N) is 5. The Balaban J connectivity index is 1.31. The number of aliphatic hydroxyl groups is 1. The number of fused-ring (bicyclic) bond motifs is 1. The number of nitrogens with two attached hydrogens (primary N) is 1. The van der Waals surface area contributed by atoms with E-state index in [1.165, 1.54) is 28.3 Å². The largest absolute Gasteiger partial charge is 0.491 e. The predicted octanol–water partition coefficient (Wildman–Crippen LogP) is 2.35. The second kappa shape index (κ2) is 9.66. The lowest BCUT2D eigenvalue weighted by atomic mass is 10.1. The summed E-state index contributed by atoms with van der Waals surface area (Å²) in [5.41, 5.74) is 8.12. The van der Waals surface area contributed by atoms with E-state index in [-0.39, 0.29) is 18.1 Å². The Hall–Kier alpha value is -3.69. The highest BCUT2D eigenvalue weighted by molar-refractivity contribution is 5.67. The predicted molar refractivity (Wildman–Crippen MR) is 130 cm³/mol. The number of hydrogen-bond acceptors (Lipinski definition) is 7. The van der Waals surface area contributed by atoms with E-state index in [2.05, 4.69) is 15.0 Å². The quantitative estimate of drug-likeness (QED) is 0.436. The summed E-state index contributed by atoms with van der Waals surface area (Å²) in [6.45, 7) is 2.95. The molecular formula is C25H28N6O3. The number of rotatable bonds is 7. The van der Waals surface area contributed by atoms with E-state index in [0.717, 1.165) is 18.7 Å². The average Bonchev–Trinajstić information content (AvgIpc) is 3.21. The molecule has 1 fully saturated rings. The van der Waals surface area contributed by atoms with Crippen molar-refractivity contribution in [2.24, 2.45) is 0 Å². The van der Waals surface area contributed by atoms with E-state index in [4.69, 9.17) is 10.5 Å². The molecule has 0 amide bonds. The van der Waals surface area contributed by atoms with E-state index in [0.29, 0.717) is 29.3 Å². The molecule has 3 N–H and O–H groups in total. The zero-order chi connectivity index (χ0) is 23.5. The van der Waals surface area contributed by atoms with Gasteiger partial charge in [-0.2, -0.15) is 4.68 Å². The van der Waals surface area contributed by atoms with Gasteiger partial charge >= 0.3 is 5.69 Å². The Morgan fingerprint density at radius 2 is 1.76 bits per heavy atom. The average molecular weight is 461 g/mol. The van der Waals surface area contributed by atoms with Crippen LogP contribution in [0.5, 0.6) is 5.75 Å². The number of anilines is 1. The van der Waals surface area contributed by atoms with E-state index in [1.54, 1.807) is 18.3 Å². The van der Waals surface area contributed by atoms with Gasteiger partial charge in [0.2, 0.25) is 5.65 Å². The summed E-state index contributed by atoms with van der Waals surface area (Å²) in [5, 5.41) is 14.7. The molecule has 0 radical (unpaired) electrons. The fraction of sp³-hybridized carbons (Fsp3) is 0.320. The Labute approximate surface area is 197 Å². The molecule has 3 heterocycles. The summed E-state index contributed by atoms with van der Waals surface area (Å²) in [6.07, 6.45) is 4.76. The second-order valence-electron chi connectivity index (χ2n) is 8.59. The third-order valence-corrected chi connectivity index (χ3v) is 6.04. The van der Waals surface area contributed by atoms with Crippen molar-refractivity contribution >= 4 is 11.5 Å². The Bertz CT molecular complexity index is 1310. The number of aliphatic hydroxyl groups excluding tert-OH is 1. The van der Waals surface area contributed by atoms with Gasteiger partial charge in [-0.15, -0.1) is 5.10 Å². The van der Waals surface area contributed by atoms with Crippen molar-refractivity contribution in [2.75, 3.05) is 32.0 Å². The fourth-order valence-electron chi connectivity index (χ4n) is 4.28. The van der Waals surface area contributed by atoms with Crippen molar-refractivity contribution in [2.45, 2.75) is 25.4 Å². The number of β-amino-alcohol motifs (C(OH)–C–C–N with tert-alkyl or cyclic N) is 1. The molecular weight excluding hydrogens is 432 g/mol. The van der Waals surface area contributed by atoms with Crippen LogP contribution in [-0.2, 0) is 0 Å². The third-order valence-electron chi connectivity index (χ3n) is 6.04. The van der Waals surface area contributed by atoms with Crippen molar-refractivity contribution < 1.29 is 9.84 Å². The highest BCUT2D eigenvalue weighted by Gasteiger charge is 2.16. The monoisotopic (exact) mass is 460 g/mol. The summed E-state index contributed by atoms with van der Waals surface area (Å²) in [5.74, 6) is 0.829. The summed E-state index contributed by atoms with van der Waals surface area (Å²) in [6, 6.07) is 16.5. The van der Waals surface area contributed by atoms with Crippen molar-refractivity contribution in [1.82, 2.24) is 24.1 Å². The minimum absolute atomic E-state index is 0.172. The first kappa shape index (κ1) is 22.1. The lowest BCUT2D eigenvalue weighted by molar-refractivity contribution is 0.0617. The number of ether oxygens (including phenoxy) is 1. The number of piperidine rings is 1. The Morgan fingerprint density at radius 3 is 2.50 bits per heavy atom.